The Kier molecular flexibility index (Phi) is 8.28. The zero-order valence-electron chi connectivity index (χ0n) is 13.4. The molecule has 1 saturated heterocycles. The number of rotatable bonds is 6. The molecule has 4 nitrogen and oxygen atoms in total. The van der Waals surface area contributed by atoms with Crippen molar-refractivity contribution in [2.75, 3.05) is 19.7 Å². The molecular weight excluding hydrogens is 300 g/mol. The number of benzene rings is 1. The second-order valence-electron chi connectivity index (χ2n) is 6.09. The maximum Gasteiger partial charge on any atom is 0.223 e. The lowest BCUT2D eigenvalue weighted by atomic mass is 9.97. The highest BCUT2D eigenvalue weighted by atomic mass is 35.5. The normalized spacial score (nSPS) is 15.2. The van der Waals surface area contributed by atoms with Gasteiger partial charge >= 0.3 is 0 Å². The molecule has 2 rings (SSSR count). The van der Waals surface area contributed by atoms with Crippen molar-refractivity contribution < 1.29 is 9.53 Å². The fourth-order valence-corrected chi connectivity index (χ4v) is 2.43. The predicted octanol–water partition coefficient (Wildman–Crippen LogP) is 2.76. The minimum atomic E-state index is 0. The van der Waals surface area contributed by atoms with Gasteiger partial charge in [-0.05, 0) is 49.5 Å². The molecule has 1 aromatic carbocycles. The summed E-state index contributed by atoms with van der Waals surface area (Å²) in [4.78, 5) is 12.1. The van der Waals surface area contributed by atoms with Crippen LogP contribution in [0, 0.1) is 11.8 Å². The van der Waals surface area contributed by atoms with Gasteiger partial charge in [-0.2, -0.15) is 0 Å². The number of hydrogen-bond donors (Lipinski definition) is 2. The highest BCUT2D eigenvalue weighted by Crippen LogP contribution is 2.15. The first-order chi connectivity index (χ1) is 10.1. The topological polar surface area (TPSA) is 50.4 Å². The third kappa shape index (κ3) is 6.24. The molecule has 0 aromatic heterocycles. The first kappa shape index (κ1) is 18.8. The molecule has 5 heteroatoms. The predicted molar refractivity (Wildman–Crippen MR) is 91.5 cm³/mol. The van der Waals surface area contributed by atoms with E-state index in [2.05, 4.69) is 24.5 Å². The van der Waals surface area contributed by atoms with Gasteiger partial charge < -0.3 is 15.4 Å². The Morgan fingerprint density at radius 3 is 2.77 bits per heavy atom. The summed E-state index contributed by atoms with van der Waals surface area (Å²) >= 11 is 0. The highest BCUT2D eigenvalue weighted by molar-refractivity contribution is 5.85. The summed E-state index contributed by atoms with van der Waals surface area (Å²) in [5.74, 6) is 1.71. The van der Waals surface area contributed by atoms with Gasteiger partial charge in [-0.1, -0.05) is 26.0 Å². The quantitative estimate of drug-likeness (QED) is 0.845. The molecule has 1 aliphatic heterocycles. The zero-order valence-corrected chi connectivity index (χ0v) is 14.2. The Morgan fingerprint density at radius 1 is 1.36 bits per heavy atom. The Balaban J connectivity index is 0.00000242. The summed E-state index contributed by atoms with van der Waals surface area (Å²) in [5.41, 5.74) is 1.08. The van der Waals surface area contributed by atoms with Crippen LogP contribution in [-0.2, 0) is 11.3 Å². The molecule has 124 valence electrons. The number of halogens is 1. The van der Waals surface area contributed by atoms with Crippen molar-refractivity contribution in [1.82, 2.24) is 10.6 Å². The molecule has 0 atom stereocenters. The monoisotopic (exact) mass is 326 g/mol. The summed E-state index contributed by atoms with van der Waals surface area (Å²) < 4.78 is 5.71. The van der Waals surface area contributed by atoms with E-state index < -0.39 is 0 Å². The van der Waals surface area contributed by atoms with E-state index in [1.54, 1.807) is 0 Å². The van der Waals surface area contributed by atoms with Crippen molar-refractivity contribution in [3.8, 4) is 5.75 Å². The molecule has 22 heavy (non-hydrogen) atoms. The van der Waals surface area contributed by atoms with Crippen LogP contribution in [0.1, 0.15) is 32.3 Å². The lowest BCUT2D eigenvalue weighted by molar-refractivity contribution is -0.125. The lowest BCUT2D eigenvalue weighted by Crippen LogP contribution is -2.37. The largest absolute Gasteiger partial charge is 0.493 e. The Bertz CT molecular complexity index is 460. The molecule has 0 saturated carbocycles. The summed E-state index contributed by atoms with van der Waals surface area (Å²) in [5, 5.41) is 6.32. The molecular formula is C17H27ClN2O2. The lowest BCUT2D eigenvalue weighted by Gasteiger charge is -2.21. The fraction of sp³-hybridized carbons (Fsp3) is 0.588. The molecule has 0 spiro atoms. The molecule has 1 heterocycles. The molecule has 0 bridgehead atoms. The van der Waals surface area contributed by atoms with E-state index in [9.17, 15) is 4.79 Å². The Labute approximate surface area is 139 Å². The minimum absolute atomic E-state index is 0. The van der Waals surface area contributed by atoms with E-state index in [-0.39, 0.29) is 24.2 Å². The summed E-state index contributed by atoms with van der Waals surface area (Å²) in [6, 6.07) is 7.96. The maximum absolute atomic E-state index is 12.1. The SMILES string of the molecule is CC(C)COc1cccc(CNC(=O)C2CCNCC2)c1.Cl. The number of carbonyl (C=O) groups is 1. The van der Waals surface area contributed by atoms with E-state index in [0.717, 1.165) is 37.2 Å². The number of piperidine rings is 1. The number of nitrogens with one attached hydrogen (secondary N) is 2. The van der Waals surface area contributed by atoms with Crippen LogP contribution >= 0.6 is 12.4 Å². The number of hydrogen-bond acceptors (Lipinski definition) is 3. The first-order valence-corrected chi connectivity index (χ1v) is 7.85. The molecule has 1 aliphatic rings. The van der Waals surface area contributed by atoms with E-state index in [1.807, 2.05) is 24.3 Å². The van der Waals surface area contributed by atoms with Crippen LogP contribution in [-0.4, -0.2) is 25.6 Å². The van der Waals surface area contributed by atoms with Crippen molar-refractivity contribution in [3.63, 3.8) is 0 Å². The molecule has 2 N–H and O–H groups in total. The standard InChI is InChI=1S/C17H26N2O2.ClH/c1-13(2)12-21-16-5-3-4-14(10-16)11-19-17(20)15-6-8-18-9-7-15;/h3-5,10,13,15,18H,6-9,11-12H2,1-2H3,(H,19,20);1H. The smallest absolute Gasteiger partial charge is 0.223 e. The molecule has 0 aliphatic carbocycles. The first-order valence-electron chi connectivity index (χ1n) is 7.85. The van der Waals surface area contributed by atoms with E-state index in [1.165, 1.54) is 0 Å². The van der Waals surface area contributed by atoms with Gasteiger partial charge in [0.25, 0.3) is 0 Å². The van der Waals surface area contributed by atoms with Gasteiger partial charge in [-0.3, -0.25) is 4.79 Å². The minimum Gasteiger partial charge on any atom is -0.493 e. The maximum atomic E-state index is 12.1. The summed E-state index contributed by atoms with van der Waals surface area (Å²) in [7, 11) is 0. The molecule has 1 amide bonds. The molecule has 0 unspecified atom stereocenters. The van der Waals surface area contributed by atoms with Gasteiger partial charge in [-0.15, -0.1) is 12.4 Å². The van der Waals surface area contributed by atoms with Crippen LogP contribution in [0.25, 0.3) is 0 Å². The van der Waals surface area contributed by atoms with Gasteiger partial charge in [-0.25, -0.2) is 0 Å². The Hall–Kier alpha value is -1.26. The summed E-state index contributed by atoms with van der Waals surface area (Å²) in [6.45, 7) is 7.42. The van der Waals surface area contributed by atoms with E-state index in [0.29, 0.717) is 19.1 Å². The number of ether oxygens (including phenoxy) is 1. The number of carbonyl (C=O) groups excluding carboxylic acids is 1. The van der Waals surface area contributed by atoms with Gasteiger partial charge in [0, 0.05) is 12.5 Å². The fourth-order valence-electron chi connectivity index (χ4n) is 2.43. The summed E-state index contributed by atoms with van der Waals surface area (Å²) in [6.07, 6.45) is 1.87. The van der Waals surface area contributed by atoms with Crippen LogP contribution in [0.3, 0.4) is 0 Å². The van der Waals surface area contributed by atoms with Gasteiger partial charge in [0.1, 0.15) is 5.75 Å². The molecule has 1 fully saturated rings. The average molecular weight is 327 g/mol. The van der Waals surface area contributed by atoms with E-state index >= 15 is 0 Å². The van der Waals surface area contributed by atoms with Crippen molar-refractivity contribution in [3.05, 3.63) is 29.8 Å². The van der Waals surface area contributed by atoms with Crippen molar-refractivity contribution in [2.45, 2.75) is 33.2 Å². The molecule has 1 aromatic rings. The second kappa shape index (κ2) is 9.70. The zero-order chi connectivity index (χ0) is 15.1. The highest BCUT2D eigenvalue weighted by Gasteiger charge is 2.20. The van der Waals surface area contributed by atoms with Gasteiger partial charge in [0.15, 0.2) is 0 Å². The number of amides is 1. The molecule has 0 radical (unpaired) electrons. The van der Waals surface area contributed by atoms with Crippen LogP contribution < -0.4 is 15.4 Å². The van der Waals surface area contributed by atoms with Crippen molar-refractivity contribution >= 4 is 18.3 Å². The van der Waals surface area contributed by atoms with Crippen LogP contribution in [0.5, 0.6) is 5.75 Å². The van der Waals surface area contributed by atoms with Gasteiger partial charge in [0.05, 0.1) is 6.61 Å². The van der Waals surface area contributed by atoms with E-state index in [4.69, 9.17) is 4.74 Å². The van der Waals surface area contributed by atoms with Gasteiger partial charge in [0.2, 0.25) is 5.91 Å². The van der Waals surface area contributed by atoms with Crippen LogP contribution in [0.2, 0.25) is 0 Å². The third-order valence-corrected chi connectivity index (χ3v) is 3.66. The Morgan fingerprint density at radius 2 is 2.09 bits per heavy atom. The van der Waals surface area contributed by atoms with Crippen molar-refractivity contribution in [2.24, 2.45) is 11.8 Å². The van der Waals surface area contributed by atoms with Crippen LogP contribution in [0.4, 0.5) is 0 Å². The second-order valence-corrected chi connectivity index (χ2v) is 6.09. The average Bonchev–Trinajstić information content (AvgIpc) is 2.52. The van der Waals surface area contributed by atoms with Crippen molar-refractivity contribution in [1.29, 1.82) is 0 Å². The van der Waals surface area contributed by atoms with Crippen LogP contribution in [0.15, 0.2) is 24.3 Å². The third-order valence-electron chi connectivity index (χ3n) is 3.66.